The molecule has 33 heavy (non-hydrogen) atoms. The van der Waals surface area contributed by atoms with E-state index in [-0.39, 0.29) is 19.1 Å². The molecule has 4 rings (SSSR count). The number of hydrogen-bond acceptors (Lipinski definition) is 5. The van der Waals surface area contributed by atoms with Crippen LogP contribution in [0.4, 0.5) is 4.79 Å². The summed E-state index contributed by atoms with van der Waals surface area (Å²) >= 11 is 0. The van der Waals surface area contributed by atoms with Crippen LogP contribution in [0.2, 0.25) is 0 Å². The van der Waals surface area contributed by atoms with Gasteiger partial charge in [-0.3, -0.25) is 9.59 Å². The predicted molar refractivity (Wildman–Crippen MR) is 121 cm³/mol. The average Bonchev–Trinajstić information content (AvgIpc) is 3.40. The fraction of sp³-hybridized carbons (Fsp3) is 0.400. The summed E-state index contributed by atoms with van der Waals surface area (Å²) in [5.74, 6) is -2.12. The second-order valence-corrected chi connectivity index (χ2v) is 8.47. The molecule has 0 bridgehead atoms. The van der Waals surface area contributed by atoms with Gasteiger partial charge >= 0.3 is 12.1 Å². The number of amides is 2. The van der Waals surface area contributed by atoms with Crippen molar-refractivity contribution in [2.45, 2.75) is 37.3 Å². The zero-order chi connectivity index (χ0) is 23.4. The van der Waals surface area contributed by atoms with Crippen LogP contribution in [0.25, 0.3) is 11.1 Å². The number of rotatable bonds is 8. The first kappa shape index (κ1) is 22.8. The highest BCUT2D eigenvalue weighted by Gasteiger charge is 2.36. The smallest absolute Gasteiger partial charge is 0.407 e. The summed E-state index contributed by atoms with van der Waals surface area (Å²) in [7, 11) is 1.43. The lowest BCUT2D eigenvalue weighted by Gasteiger charge is -2.23. The lowest BCUT2D eigenvalue weighted by atomic mass is 9.98. The van der Waals surface area contributed by atoms with E-state index in [1.807, 2.05) is 36.4 Å². The normalized spacial score (nSPS) is 19.9. The van der Waals surface area contributed by atoms with Crippen LogP contribution in [0.1, 0.15) is 36.3 Å². The van der Waals surface area contributed by atoms with Gasteiger partial charge in [0.25, 0.3) is 0 Å². The van der Waals surface area contributed by atoms with Gasteiger partial charge in [0, 0.05) is 19.1 Å². The van der Waals surface area contributed by atoms with Crippen molar-refractivity contribution < 1.29 is 29.0 Å². The van der Waals surface area contributed by atoms with Crippen molar-refractivity contribution in [2.75, 3.05) is 20.3 Å². The number of ether oxygens (including phenoxy) is 2. The highest BCUT2D eigenvalue weighted by Crippen LogP contribution is 2.44. The van der Waals surface area contributed by atoms with Crippen LogP contribution >= 0.6 is 0 Å². The van der Waals surface area contributed by atoms with Gasteiger partial charge in [-0.2, -0.15) is 0 Å². The van der Waals surface area contributed by atoms with Crippen LogP contribution < -0.4 is 10.6 Å². The number of methoxy groups -OCH3 is 1. The Morgan fingerprint density at radius 1 is 1.03 bits per heavy atom. The summed E-state index contributed by atoms with van der Waals surface area (Å²) in [6.45, 7) is 0.0748. The van der Waals surface area contributed by atoms with Crippen molar-refractivity contribution in [1.29, 1.82) is 0 Å². The largest absolute Gasteiger partial charge is 0.481 e. The minimum atomic E-state index is -0.985. The summed E-state index contributed by atoms with van der Waals surface area (Å²) in [5.41, 5.74) is 4.45. The van der Waals surface area contributed by atoms with Crippen LogP contribution in [0.15, 0.2) is 48.5 Å². The Labute approximate surface area is 192 Å². The molecule has 8 heteroatoms. The third-order valence-corrected chi connectivity index (χ3v) is 6.45. The van der Waals surface area contributed by atoms with E-state index in [1.54, 1.807) is 0 Å². The lowest BCUT2D eigenvalue weighted by molar-refractivity contribution is -0.142. The summed E-state index contributed by atoms with van der Waals surface area (Å²) in [5, 5.41) is 14.6. The Morgan fingerprint density at radius 2 is 1.67 bits per heavy atom. The molecule has 2 aliphatic rings. The maximum Gasteiger partial charge on any atom is 0.407 e. The van der Waals surface area contributed by atoms with Crippen molar-refractivity contribution in [3.05, 3.63) is 59.7 Å². The molecule has 0 heterocycles. The molecule has 174 valence electrons. The van der Waals surface area contributed by atoms with Gasteiger partial charge in [-0.05, 0) is 35.1 Å². The molecule has 3 atom stereocenters. The minimum Gasteiger partial charge on any atom is -0.481 e. The molecule has 2 amide bonds. The van der Waals surface area contributed by atoms with Crippen LogP contribution in [0.5, 0.6) is 0 Å². The Balaban J connectivity index is 1.38. The number of alkyl carbamates (subject to hydrolysis) is 1. The second-order valence-electron chi connectivity index (χ2n) is 8.47. The molecule has 0 radical (unpaired) electrons. The first-order chi connectivity index (χ1) is 16.0. The van der Waals surface area contributed by atoms with Crippen LogP contribution in [0, 0.1) is 5.92 Å². The molecule has 0 saturated heterocycles. The van der Waals surface area contributed by atoms with Gasteiger partial charge in [0.1, 0.15) is 12.6 Å². The highest BCUT2D eigenvalue weighted by atomic mass is 16.5. The zero-order valence-electron chi connectivity index (χ0n) is 18.5. The number of carboxylic acids is 1. The molecule has 1 unspecified atom stereocenters. The van der Waals surface area contributed by atoms with Gasteiger partial charge < -0.3 is 25.2 Å². The van der Waals surface area contributed by atoms with E-state index in [9.17, 15) is 19.5 Å². The van der Waals surface area contributed by atoms with Crippen LogP contribution in [0.3, 0.4) is 0 Å². The maximum absolute atomic E-state index is 12.7. The number of aliphatic carboxylic acids is 1. The first-order valence-electron chi connectivity index (χ1n) is 11.1. The maximum atomic E-state index is 12.7. The Morgan fingerprint density at radius 3 is 2.27 bits per heavy atom. The van der Waals surface area contributed by atoms with Crippen LogP contribution in [-0.2, 0) is 19.1 Å². The average molecular weight is 453 g/mol. The lowest BCUT2D eigenvalue weighted by Crippen LogP contribution is -2.53. The minimum absolute atomic E-state index is 0.0551. The van der Waals surface area contributed by atoms with Crippen molar-refractivity contribution in [1.82, 2.24) is 10.6 Å². The molecule has 2 aliphatic carbocycles. The number of carbonyl (C=O) groups is 3. The molecule has 3 N–H and O–H groups in total. The third kappa shape index (κ3) is 4.85. The molecular weight excluding hydrogens is 424 g/mol. The van der Waals surface area contributed by atoms with E-state index in [4.69, 9.17) is 9.47 Å². The first-order valence-corrected chi connectivity index (χ1v) is 11.1. The molecular formula is C25H28N2O6. The van der Waals surface area contributed by atoms with Crippen molar-refractivity contribution >= 4 is 18.0 Å². The fourth-order valence-electron chi connectivity index (χ4n) is 4.84. The van der Waals surface area contributed by atoms with Gasteiger partial charge in [-0.1, -0.05) is 55.0 Å². The van der Waals surface area contributed by atoms with E-state index in [0.29, 0.717) is 12.8 Å². The predicted octanol–water partition coefficient (Wildman–Crippen LogP) is 2.91. The van der Waals surface area contributed by atoms with Gasteiger partial charge in [0.2, 0.25) is 5.91 Å². The van der Waals surface area contributed by atoms with E-state index in [1.165, 1.54) is 7.11 Å². The van der Waals surface area contributed by atoms with E-state index in [2.05, 4.69) is 22.8 Å². The molecule has 0 aromatic heterocycles. The van der Waals surface area contributed by atoms with Crippen molar-refractivity contribution in [3.8, 4) is 11.1 Å². The van der Waals surface area contributed by atoms with E-state index >= 15 is 0 Å². The Bertz CT molecular complexity index is 994. The summed E-state index contributed by atoms with van der Waals surface area (Å²) < 4.78 is 10.6. The number of nitrogens with one attached hydrogen (secondary N) is 2. The third-order valence-electron chi connectivity index (χ3n) is 6.45. The van der Waals surface area contributed by atoms with Gasteiger partial charge in [0.05, 0.1) is 12.5 Å². The summed E-state index contributed by atoms with van der Waals surface area (Å²) in [4.78, 5) is 36.7. The monoisotopic (exact) mass is 452 g/mol. The topological polar surface area (TPSA) is 114 Å². The molecule has 0 aliphatic heterocycles. The number of benzene rings is 2. The molecule has 1 saturated carbocycles. The number of hydrogen-bond donors (Lipinski definition) is 3. The molecule has 2 aromatic carbocycles. The standard InChI is InChI=1S/C25H28N2O6/c1-32-14-22(23(28)26-21-12-6-11-19(21)24(29)30)27-25(31)33-13-20-17-9-4-2-7-15(17)16-8-3-5-10-18(16)20/h2-5,7-10,19-22H,6,11-14H2,1H3,(H,26,28)(H,27,31)(H,29,30)/t19-,21+,22?/m0/s1. The van der Waals surface area contributed by atoms with Gasteiger partial charge in [0.15, 0.2) is 0 Å². The summed E-state index contributed by atoms with van der Waals surface area (Å²) in [6, 6.07) is 14.6. The van der Waals surface area contributed by atoms with E-state index in [0.717, 1.165) is 28.7 Å². The zero-order valence-corrected chi connectivity index (χ0v) is 18.5. The van der Waals surface area contributed by atoms with Crippen molar-refractivity contribution in [2.24, 2.45) is 5.92 Å². The highest BCUT2D eigenvalue weighted by molar-refractivity contribution is 5.86. The second kappa shape index (κ2) is 10.0. The van der Waals surface area contributed by atoms with E-state index < -0.39 is 36.0 Å². The number of carbonyl (C=O) groups excluding carboxylic acids is 2. The van der Waals surface area contributed by atoms with Crippen molar-refractivity contribution in [3.63, 3.8) is 0 Å². The Hall–Kier alpha value is -3.39. The SMILES string of the molecule is COCC(NC(=O)OCC1c2ccccc2-c2ccccc21)C(=O)N[C@@H]1CCC[C@@H]1C(=O)O. The molecule has 8 nitrogen and oxygen atoms in total. The number of fused-ring (bicyclic) bond motifs is 3. The number of carboxylic acid groups (broad SMARTS) is 1. The Kier molecular flexibility index (Phi) is 6.93. The fourth-order valence-corrected chi connectivity index (χ4v) is 4.84. The molecule has 2 aromatic rings. The molecule has 1 fully saturated rings. The quantitative estimate of drug-likeness (QED) is 0.568. The van der Waals surface area contributed by atoms with Gasteiger partial charge in [-0.15, -0.1) is 0 Å². The summed E-state index contributed by atoms with van der Waals surface area (Å²) in [6.07, 6.45) is 1.12. The van der Waals surface area contributed by atoms with Gasteiger partial charge in [-0.25, -0.2) is 4.79 Å². The van der Waals surface area contributed by atoms with Crippen LogP contribution in [-0.4, -0.2) is 55.5 Å². The molecule has 0 spiro atoms.